The molecule has 0 saturated heterocycles. The van der Waals surface area contributed by atoms with Crippen molar-refractivity contribution in [1.29, 1.82) is 0 Å². The van der Waals surface area contributed by atoms with Gasteiger partial charge in [0.1, 0.15) is 5.76 Å². The number of benzene rings is 1. The minimum Gasteiger partial charge on any atom is -0.507 e. The molecule has 0 radical (unpaired) electrons. The first-order valence-electron chi connectivity index (χ1n) is 8.27. The smallest absolute Gasteiger partial charge is 0.338 e. The monoisotopic (exact) mass is 300 g/mol. The maximum atomic E-state index is 12.4. The highest BCUT2D eigenvalue weighted by Gasteiger charge is 2.50. The topological polar surface area (TPSA) is 46.5 Å². The summed E-state index contributed by atoms with van der Waals surface area (Å²) in [5.74, 6) is -0.0250. The Kier molecular flexibility index (Phi) is 3.98. The van der Waals surface area contributed by atoms with Crippen LogP contribution in [0.3, 0.4) is 0 Å². The second kappa shape index (κ2) is 5.79. The van der Waals surface area contributed by atoms with Crippen molar-refractivity contribution in [3.63, 3.8) is 0 Å². The van der Waals surface area contributed by atoms with E-state index >= 15 is 0 Å². The minimum atomic E-state index is -0.727. The van der Waals surface area contributed by atoms with Gasteiger partial charge in [-0.25, -0.2) is 4.79 Å². The van der Waals surface area contributed by atoms with Gasteiger partial charge < -0.3 is 9.84 Å². The maximum absolute atomic E-state index is 12.4. The van der Waals surface area contributed by atoms with Crippen LogP contribution in [0.25, 0.3) is 0 Å². The van der Waals surface area contributed by atoms with Gasteiger partial charge in [0.15, 0.2) is 5.60 Å². The lowest BCUT2D eigenvalue weighted by Gasteiger charge is -2.31. The fourth-order valence-electron chi connectivity index (χ4n) is 3.78. The number of ether oxygens (including phenoxy) is 1. The molecule has 118 valence electrons. The van der Waals surface area contributed by atoms with Crippen LogP contribution >= 0.6 is 0 Å². The van der Waals surface area contributed by atoms with Crippen LogP contribution in [0.2, 0.25) is 0 Å². The van der Waals surface area contributed by atoms with E-state index in [9.17, 15) is 9.90 Å². The van der Waals surface area contributed by atoms with Crippen LogP contribution in [0.15, 0.2) is 41.7 Å². The van der Waals surface area contributed by atoms with Gasteiger partial charge in [0, 0.05) is 0 Å². The molecule has 1 spiro atoms. The first-order chi connectivity index (χ1) is 10.6. The molecule has 0 amide bonds. The van der Waals surface area contributed by atoms with Crippen LogP contribution in [0.4, 0.5) is 0 Å². The summed E-state index contributed by atoms with van der Waals surface area (Å²) in [4.78, 5) is 12.4. The Morgan fingerprint density at radius 3 is 2.32 bits per heavy atom. The first-order valence-corrected chi connectivity index (χ1v) is 8.27. The molecule has 1 heterocycles. The summed E-state index contributed by atoms with van der Waals surface area (Å²) in [6.45, 7) is 4.10. The Hall–Kier alpha value is -1.77. The molecule has 0 unspecified atom stereocenters. The van der Waals surface area contributed by atoms with Crippen LogP contribution in [0.1, 0.15) is 57.4 Å². The number of aliphatic hydroxyl groups excluding tert-OH is 1. The summed E-state index contributed by atoms with van der Waals surface area (Å²) < 4.78 is 5.66. The number of esters is 1. The molecule has 3 rings (SSSR count). The molecule has 0 bridgehead atoms. The molecule has 1 aromatic carbocycles. The van der Waals surface area contributed by atoms with Crippen LogP contribution < -0.4 is 0 Å². The molecule has 0 aromatic heterocycles. The maximum Gasteiger partial charge on any atom is 0.338 e. The molecule has 1 fully saturated rings. The Morgan fingerprint density at radius 2 is 1.68 bits per heavy atom. The Labute approximate surface area is 132 Å². The predicted octanol–water partition coefficient (Wildman–Crippen LogP) is 4.50. The number of carbonyl (C=O) groups excluding carboxylic acids is 1. The molecular formula is C19H24O3. The summed E-state index contributed by atoms with van der Waals surface area (Å²) in [6, 6.07) is 10.1. The van der Waals surface area contributed by atoms with E-state index < -0.39 is 5.60 Å². The SMILES string of the molecule is C[C@H](c1ccccc1)[C@@H](C)C1=C(O)C2(CCCCC2)OC1=O. The third-order valence-corrected chi connectivity index (χ3v) is 5.39. The lowest BCUT2D eigenvalue weighted by atomic mass is 9.79. The zero-order valence-corrected chi connectivity index (χ0v) is 13.3. The van der Waals surface area contributed by atoms with Crippen molar-refractivity contribution in [2.75, 3.05) is 0 Å². The van der Waals surface area contributed by atoms with Crippen LogP contribution in [-0.4, -0.2) is 16.7 Å². The molecule has 2 atom stereocenters. The first kappa shape index (κ1) is 15.1. The fraction of sp³-hybridized carbons (Fsp3) is 0.526. The van der Waals surface area contributed by atoms with E-state index in [0.717, 1.165) is 32.1 Å². The fourth-order valence-corrected chi connectivity index (χ4v) is 3.78. The summed E-state index contributed by atoms with van der Waals surface area (Å²) >= 11 is 0. The number of hydrogen-bond donors (Lipinski definition) is 1. The van der Waals surface area contributed by atoms with Crippen molar-refractivity contribution in [1.82, 2.24) is 0 Å². The van der Waals surface area contributed by atoms with Crippen molar-refractivity contribution in [2.24, 2.45) is 5.92 Å². The highest BCUT2D eigenvalue weighted by atomic mass is 16.6. The van der Waals surface area contributed by atoms with Gasteiger partial charge in [-0.05, 0) is 43.1 Å². The second-order valence-corrected chi connectivity index (χ2v) is 6.69. The quantitative estimate of drug-likeness (QED) is 0.836. The highest BCUT2D eigenvalue weighted by molar-refractivity contribution is 5.93. The van der Waals surface area contributed by atoms with E-state index in [-0.39, 0.29) is 23.6 Å². The summed E-state index contributed by atoms with van der Waals surface area (Å²) in [6.07, 6.45) is 4.67. The zero-order chi connectivity index (χ0) is 15.7. The summed E-state index contributed by atoms with van der Waals surface area (Å²) in [7, 11) is 0. The van der Waals surface area contributed by atoms with E-state index in [0.29, 0.717) is 5.57 Å². The third-order valence-electron chi connectivity index (χ3n) is 5.39. The zero-order valence-electron chi connectivity index (χ0n) is 13.3. The van der Waals surface area contributed by atoms with E-state index in [1.54, 1.807) is 0 Å². The Morgan fingerprint density at radius 1 is 1.05 bits per heavy atom. The van der Waals surface area contributed by atoms with Crippen molar-refractivity contribution < 1.29 is 14.6 Å². The van der Waals surface area contributed by atoms with Gasteiger partial charge in [-0.1, -0.05) is 50.6 Å². The van der Waals surface area contributed by atoms with Gasteiger partial charge in [0.05, 0.1) is 5.57 Å². The number of rotatable bonds is 3. The lowest BCUT2D eigenvalue weighted by molar-refractivity contribution is -0.151. The third kappa shape index (κ3) is 2.43. The minimum absolute atomic E-state index is 0.0591. The normalized spacial score (nSPS) is 23.5. The number of hydrogen-bond acceptors (Lipinski definition) is 3. The summed E-state index contributed by atoms with van der Waals surface area (Å²) in [5.41, 5.74) is 0.931. The van der Waals surface area contributed by atoms with Crippen molar-refractivity contribution in [3.05, 3.63) is 47.2 Å². The van der Waals surface area contributed by atoms with E-state index in [4.69, 9.17) is 4.74 Å². The molecule has 2 aliphatic rings. The lowest BCUT2D eigenvalue weighted by Crippen LogP contribution is -2.34. The van der Waals surface area contributed by atoms with Crippen molar-refractivity contribution >= 4 is 5.97 Å². The van der Waals surface area contributed by atoms with Crippen molar-refractivity contribution in [2.45, 2.75) is 57.5 Å². The summed E-state index contributed by atoms with van der Waals surface area (Å²) in [5, 5.41) is 10.7. The Balaban J connectivity index is 1.90. The number of carbonyl (C=O) groups is 1. The molecule has 22 heavy (non-hydrogen) atoms. The largest absolute Gasteiger partial charge is 0.507 e. The van der Waals surface area contributed by atoms with Crippen LogP contribution in [0.5, 0.6) is 0 Å². The van der Waals surface area contributed by atoms with Crippen molar-refractivity contribution in [3.8, 4) is 0 Å². The predicted molar refractivity (Wildman–Crippen MR) is 85.6 cm³/mol. The van der Waals surface area contributed by atoms with E-state index in [1.165, 1.54) is 5.56 Å². The average molecular weight is 300 g/mol. The molecule has 1 aliphatic heterocycles. The molecule has 1 aliphatic carbocycles. The van der Waals surface area contributed by atoms with Crippen LogP contribution in [0, 0.1) is 5.92 Å². The highest BCUT2D eigenvalue weighted by Crippen LogP contribution is 2.46. The van der Waals surface area contributed by atoms with E-state index in [1.807, 2.05) is 25.1 Å². The molecule has 1 saturated carbocycles. The van der Waals surface area contributed by atoms with Gasteiger partial charge in [-0.3, -0.25) is 0 Å². The van der Waals surface area contributed by atoms with Gasteiger partial charge in [0.2, 0.25) is 0 Å². The number of aliphatic hydroxyl groups is 1. The molecule has 3 nitrogen and oxygen atoms in total. The second-order valence-electron chi connectivity index (χ2n) is 6.69. The van der Waals surface area contributed by atoms with Gasteiger partial charge in [-0.2, -0.15) is 0 Å². The average Bonchev–Trinajstić information content (AvgIpc) is 2.78. The molecular weight excluding hydrogens is 276 g/mol. The molecule has 1 aromatic rings. The van der Waals surface area contributed by atoms with E-state index in [2.05, 4.69) is 19.1 Å². The van der Waals surface area contributed by atoms with Gasteiger partial charge >= 0.3 is 5.97 Å². The molecule has 1 N–H and O–H groups in total. The standard InChI is InChI=1S/C19H24O3/c1-13(15-9-5-3-6-10-15)14(2)16-17(20)19(22-18(16)21)11-7-4-8-12-19/h3,5-6,9-10,13-14,20H,4,7-8,11-12H2,1-2H3/t13-,14+/m0/s1. The van der Waals surface area contributed by atoms with Gasteiger partial charge in [-0.15, -0.1) is 0 Å². The van der Waals surface area contributed by atoms with Gasteiger partial charge in [0.25, 0.3) is 0 Å². The Bertz CT molecular complexity index is 582. The van der Waals surface area contributed by atoms with Crippen LogP contribution in [-0.2, 0) is 9.53 Å². The molecule has 3 heteroatoms.